The lowest BCUT2D eigenvalue weighted by Crippen LogP contribution is -2.46. The molecule has 1 aromatic carbocycles. The van der Waals surface area contributed by atoms with Crippen molar-refractivity contribution in [3.63, 3.8) is 0 Å². The highest BCUT2D eigenvalue weighted by Gasteiger charge is 2.27. The zero-order chi connectivity index (χ0) is 27.4. The van der Waals surface area contributed by atoms with E-state index in [1.54, 1.807) is 18.0 Å². The van der Waals surface area contributed by atoms with Gasteiger partial charge in [0, 0.05) is 61.5 Å². The third-order valence-corrected chi connectivity index (χ3v) is 6.94. The van der Waals surface area contributed by atoms with Crippen LogP contribution in [0.3, 0.4) is 0 Å². The number of likely N-dealkylation sites (tertiary alicyclic amines) is 1. The topological polar surface area (TPSA) is 110 Å². The summed E-state index contributed by atoms with van der Waals surface area (Å²) in [6.45, 7) is 5.71. The third kappa shape index (κ3) is 5.77. The molecule has 202 valence electrons. The quantitative estimate of drug-likeness (QED) is 0.532. The van der Waals surface area contributed by atoms with Gasteiger partial charge < -0.3 is 30.3 Å². The van der Waals surface area contributed by atoms with E-state index in [1.165, 1.54) is 25.5 Å². The second kappa shape index (κ2) is 11.6. The van der Waals surface area contributed by atoms with Crippen LogP contribution in [-0.4, -0.2) is 73.0 Å². The van der Waals surface area contributed by atoms with Crippen LogP contribution in [0.5, 0.6) is 5.75 Å². The summed E-state index contributed by atoms with van der Waals surface area (Å²) >= 11 is 0. The summed E-state index contributed by atoms with van der Waals surface area (Å²) in [4.78, 5) is 32.4. The van der Waals surface area contributed by atoms with E-state index in [0.717, 1.165) is 19.0 Å². The molecule has 0 unspecified atom stereocenters. The van der Waals surface area contributed by atoms with Gasteiger partial charge >= 0.3 is 0 Å². The van der Waals surface area contributed by atoms with Crippen molar-refractivity contribution in [1.82, 2.24) is 20.1 Å². The smallest absolute Gasteiger partial charge is 0.262 e. The van der Waals surface area contributed by atoms with Crippen LogP contribution in [0, 0.1) is 11.6 Å². The van der Waals surface area contributed by atoms with Crippen LogP contribution >= 0.6 is 0 Å². The van der Waals surface area contributed by atoms with E-state index in [4.69, 9.17) is 15.2 Å². The molecule has 3 N–H and O–H groups in total. The SMILES string of the molecule is C=C(/C=C1/NC(=O)CO/C1=C/N)C(=O)N(C)C1CCN(CCc2c(F)cnc3c(F)cc(OC)cc23)CC1. The number of benzene rings is 1. The third-order valence-electron chi connectivity index (χ3n) is 6.94. The Morgan fingerprint density at radius 2 is 2.08 bits per heavy atom. The fraction of sp³-hybridized carbons (Fsp3) is 0.370. The van der Waals surface area contributed by atoms with Crippen molar-refractivity contribution in [2.45, 2.75) is 25.3 Å². The van der Waals surface area contributed by atoms with E-state index in [1.807, 2.05) is 0 Å². The zero-order valence-electron chi connectivity index (χ0n) is 21.4. The molecule has 1 aromatic heterocycles. The van der Waals surface area contributed by atoms with Gasteiger partial charge in [0.15, 0.2) is 18.2 Å². The van der Waals surface area contributed by atoms with Gasteiger partial charge in [-0.05, 0) is 31.4 Å². The number of morpholine rings is 1. The Morgan fingerprint density at radius 1 is 1.34 bits per heavy atom. The molecule has 0 bridgehead atoms. The Hall–Kier alpha value is -3.99. The number of nitrogens with two attached hydrogens (primary N) is 1. The molecule has 0 spiro atoms. The first-order valence-electron chi connectivity index (χ1n) is 12.3. The molecule has 4 rings (SSSR count). The molecule has 0 radical (unpaired) electrons. The van der Waals surface area contributed by atoms with Crippen molar-refractivity contribution in [2.24, 2.45) is 5.73 Å². The molecule has 2 amide bonds. The maximum absolute atomic E-state index is 14.7. The number of methoxy groups -OCH3 is 1. The van der Waals surface area contributed by atoms with Gasteiger partial charge in [-0.3, -0.25) is 14.6 Å². The van der Waals surface area contributed by atoms with Gasteiger partial charge in [-0.2, -0.15) is 0 Å². The number of rotatable bonds is 7. The predicted octanol–water partition coefficient (Wildman–Crippen LogP) is 2.37. The average Bonchev–Trinajstić information content (AvgIpc) is 2.92. The number of hydrogen-bond acceptors (Lipinski definition) is 7. The molecule has 0 atom stereocenters. The van der Waals surface area contributed by atoms with Crippen molar-refractivity contribution in [3.05, 3.63) is 71.4 Å². The molecule has 2 aromatic rings. The molecule has 3 heterocycles. The monoisotopic (exact) mass is 527 g/mol. The Labute approximate surface area is 219 Å². The predicted molar refractivity (Wildman–Crippen MR) is 138 cm³/mol. The highest BCUT2D eigenvalue weighted by atomic mass is 19.1. The number of piperidine rings is 1. The Balaban J connectivity index is 1.35. The lowest BCUT2D eigenvalue weighted by atomic mass is 10.0. The van der Waals surface area contributed by atoms with Gasteiger partial charge in [-0.25, -0.2) is 8.78 Å². The highest BCUT2D eigenvalue weighted by Crippen LogP contribution is 2.28. The molecule has 0 saturated carbocycles. The van der Waals surface area contributed by atoms with Crippen molar-refractivity contribution in [3.8, 4) is 5.75 Å². The maximum Gasteiger partial charge on any atom is 0.262 e. The molecular formula is C27H31F2N5O4. The number of pyridine rings is 1. The summed E-state index contributed by atoms with van der Waals surface area (Å²) in [5, 5.41) is 3.04. The molecule has 9 nitrogen and oxygen atoms in total. The van der Waals surface area contributed by atoms with Gasteiger partial charge in [0.25, 0.3) is 11.8 Å². The number of carbonyl (C=O) groups excluding carboxylic acids is 2. The normalized spacial score (nSPS) is 18.9. The van der Waals surface area contributed by atoms with Crippen molar-refractivity contribution in [2.75, 3.05) is 40.4 Å². The van der Waals surface area contributed by atoms with Crippen molar-refractivity contribution < 1.29 is 27.8 Å². The summed E-state index contributed by atoms with van der Waals surface area (Å²) in [5.41, 5.74) is 6.54. The first kappa shape index (κ1) is 27.1. The van der Waals surface area contributed by atoms with Crippen molar-refractivity contribution >= 4 is 22.7 Å². The van der Waals surface area contributed by atoms with Crippen molar-refractivity contribution in [1.29, 1.82) is 0 Å². The van der Waals surface area contributed by atoms with Crippen LogP contribution < -0.4 is 15.8 Å². The largest absolute Gasteiger partial charge is 0.497 e. The fourth-order valence-corrected chi connectivity index (χ4v) is 4.78. The van der Waals surface area contributed by atoms with E-state index in [0.29, 0.717) is 48.5 Å². The van der Waals surface area contributed by atoms with Crippen LogP contribution in [0.25, 0.3) is 10.9 Å². The lowest BCUT2D eigenvalue weighted by Gasteiger charge is -2.37. The van der Waals surface area contributed by atoms with E-state index < -0.39 is 11.6 Å². The summed E-state index contributed by atoms with van der Waals surface area (Å²) in [7, 11) is 3.16. The molecule has 38 heavy (non-hydrogen) atoms. The Bertz CT molecular complexity index is 1320. The number of amides is 2. The summed E-state index contributed by atoms with van der Waals surface area (Å²) in [5.74, 6) is -1.07. The molecule has 2 aliphatic rings. The van der Waals surface area contributed by atoms with Crippen LogP contribution in [0.2, 0.25) is 0 Å². The van der Waals surface area contributed by atoms with Gasteiger partial charge in [0.2, 0.25) is 0 Å². The van der Waals surface area contributed by atoms with E-state index in [-0.39, 0.29) is 41.3 Å². The summed E-state index contributed by atoms with van der Waals surface area (Å²) in [6.07, 6.45) is 5.56. The number of carbonyl (C=O) groups is 2. The second-order valence-electron chi connectivity index (χ2n) is 9.28. The van der Waals surface area contributed by atoms with Crippen LogP contribution in [0.15, 0.2) is 54.2 Å². The molecule has 2 aliphatic heterocycles. The van der Waals surface area contributed by atoms with E-state index in [9.17, 15) is 18.4 Å². The first-order chi connectivity index (χ1) is 18.2. The van der Waals surface area contributed by atoms with E-state index in [2.05, 4.69) is 21.8 Å². The standard InChI is InChI=1S/C27H31F2N5O4/c1-16(10-23-24(13-30)38-15-25(35)32-23)27(36)33(2)17-4-7-34(8-5-17)9-6-19-20-11-18(37-3)12-21(28)26(20)31-14-22(19)29/h10-14,17H,1,4-9,15,30H2,2-3H3,(H,32,35)/b23-10+,24-13+. The number of halogens is 2. The summed E-state index contributed by atoms with van der Waals surface area (Å²) < 4.78 is 39.5. The maximum atomic E-state index is 14.7. The first-order valence-corrected chi connectivity index (χ1v) is 12.3. The number of hydrogen-bond donors (Lipinski definition) is 2. The number of aromatic nitrogens is 1. The van der Waals surface area contributed by atoms with Crippen LogP contribution in [0.1, 0.15) is 18.4 Å². The summed E-state index contributed by atoms with van der Waals surface area (Å²) in [6, 6.07) is 2.83. The second-order valence-corrected chi connectivity index (χ2v) is 9.28. The Kier molecular flexibility index (Phi) is 8.26. The number of nitrogens with zero attached hydrogens (tertiary/aromatic N) is 3. The molecular weight excluding hydrogens is 496 g/mol. The zero-order valence-corrected chi connectivity index (χ0v) is 21.4. The van der Waals surface area contributed by atoms with Crippen LogP contribution in [-0.2, 0) is 20.7 Å². The lowest BCUT2D eigenvalue weighted by molar-refractivity contribution is -0.128. The minimum absolute atomic E-state index is 0.00698. The molecule has 2 fully saturated rings. The van der Waals surface area contributed by atoms with Gasteiger partial charge in [0.05, 0.1) is 19.0 Å². The van der Waals surface area contributed by atoms with E-state index >= 15 is 0 Å². The highest BCUT2D eigenvalue weighted by molar-refractivity contribution is 5.96. The van der Waals surface area contributed by atoms with Gasteiger partial charge in [-0.15, -0.1) is 0 Å². The number of fused-ring (bicyclic) bond motifs is 1. The molecule has 2 saturated heterocycles. The minimum Gasteiger partial charge on any atom is -0.497 e. The Morgan fingerprint density at radius 3 is 2.76 bits per heavy atom. The number of nitrogens with one attached hydrogen (secondary N) is 1. The molecule has 11 heteroatoms. The minimum atomic E-state index is -0.556. The van der Waals surface area contributed by atoms with Gasteiger partial charge in [-0.1, -0.05) is 6.58 Å². The van der Waals surface area contributed by atoms with Gasteiger partial charge in [0.1, 0.15) is 17.1 Å². The molecule has 0 aliphatic carbocycles. The fourth-order valence-electron chi connectivity index (χ4n) is 4.78. The number of ether oxygens (including phenoxy) is 2. The number of likely N-dealkylation sites (N-methyl/N-ethyl adjacent to an activating group) is 1. The average molecular weight is 528 g/mol. The van der Waals surface area contributed by atoms with Crippen LogP contribution in [0.4, 0.5) is 8.78 Å².